The van der Waals surface area contributed by atoms with Gasteiger partial charge in [-0.1, -0.05) is 17.3 Å². The predicted molar refractivity (Wildman–Crippen MR) is 122 cm³/mol. The molecule has 172 valence electrons. The van der Waals surface area contributed by atoms with Gasteiger partial charge in [-0.15, -0.1) is 0 Å². The van der Waals surface area contributed by atoms with E-state index in [0.717, 1.165) is 11.3 Å². The maximum atomic E-state index is 13.4. The van der Waals surface area contributed by atoms with E-state index in [1.54, 1.807) is 36.3 Å². The summed E-state index contributed by atoms with van der Waals surface area (Å²) in [6, 6.07) is 12.7. The van der Waals surface area contributed by atoms with Gasteiger partial charge in [-0.2, -0.15) is 0 Å². The van der Waals surface area contributed by atoms with Crippen molar-refractivity contribution in [1.82, 2.24) is 20.4 Å². The Labute approximate surface area is 192 Å². The molecule has 33 heavy (non-hydrogen) atoms. The van der Waals surface area contributed by atoms with E-state index in [2.05, 4.69) is 15.5 Å². The van der Waals surface area contributed by atoms with Gasteiger partial charge in [-0.05, 0) is 57.0 Å². The zero-order chi connectivity index (χ0) is 23.4. The molecule has 1 atom stereocenters. The smallest absolute Gasteiger partial charge is 0.254 e. The molecule has 1 unspecified atom stereocenters. The summed E-state index contributed by atoms with van der Waals surface area (Å²) in [6.45, 7) is 4.87. The number of hydrogen-bond acceptors (Lipinski definition) is 6. The number of ether oxygens (including phenoxy) is 1. The Morgan fingerprint density at radius 3 is 2.76 bits per heavy atom. The minimum atomic E-state index is -0.874. The minimum absolute atomic E-state index is 0.129. The van der Waals surface area contributed by atoms with Gasteiger partial charge in [0.1, 0.15) is 23.5 Å². The molecule has 1 saturated heterocycles. The highest BCUT2D eigenvalue weighted by Gasteiger charge is 2.45. The van der Waals surface area contributed by atoms with Crippen molar-refractivity contribution in [1.29, 1.82) is 0 Å². The van der Waals surface area contributed by atoms with Crippen LogP contribution in [0.1, 0.15) is 45.9 Å². The number of likely N-dealkylation sites (N-methyl/N-ethyl adjacent to an activating group) is 1. The molecule has 1 N–H and O–H groups in total. The molecular formula is C25H28N4O4. The third kappa shape index (κ3) is 4.46. The highest BCUT2D eigenvalue weighted by atomic mass is 16.5. The van der Waals surface area contributed by atoms with Gasteiger partial charge in [-0.3, -0.25) is 14.6 Å². The van der Waals surface area contributed by atoms with Crippen LogP contribution in [0.25, 0.3) is 0 Å². The number of carbonyl (C=O) groups excluding carboxylic acids is 2. The van der Waals surface area contributed by atoms with E-state index in [9.17, 15) is 9.59 Å². The summed E-state index contributed by atoms with van der Waals surface area (Å²) in [5.74, 6) is 1.03. The van der Waals surface area contributed by atoms with Crippen LogP contribution in [-0.2, 0) is 16.8 Å². The SMILES string of the molecule is CNC(=O)C1(c2ccccn2)CCCN(C(=O)c2cccc(OCc3c(C)noc3C)c2)C1. The Morgan fingerprint density at radius 1 is 1.21 bits per heavy atom. The quantitative estimate of drug-likeness (QED) is 0.622. The first-order valence-corrected chi connectivity index (χ1v) is 11.0. The second-order valence-electron chi connectivity index (χ2n) is 8.33. The Hall–Kier alpha value is -3.68. The Balaban J connectivity index is 1.54. The van der Waals surface area contributed by atoms with Crippen LogP contribution >= 0.6 is 0 Å². The number of piperidine rings is 1. The standard InChI is InChI=1S/C25H28N4O4/c1-17-21(18(2)33-28-17)15-32-20-9-6-8-19(14-20)23(30)29-13-7-11-25(16-29,24(31)26-3)22-10-4-5-12-27-22/h4-6,8-10,12,14H,7,11,13,15-16H2,1-3H3,(H,26,31). The zero-order valence-corrected chi connectivity index (χ0v) is 19.1. The van der Waals surface area contributed by atoms with Crippen LogP contribution in [0.4, 0.5) is 0 Å². The van der Waals surface area contributed by atoms with Gasteiger partial charge in [-0.25, -0.2) is 0 Å². The molecule has 8 nitrogen and oxygen atoms in total. The van der Waals surface area contributed by atoms with E-state index in [1.807, 2.05) is 38.1 Å². The van der Waals surface area contributed by atoms with Gasteiger partial charge in [0.15, 0.2) is 0 Å². The largest absolute Gasteiger partial charge is 0.489 e. The first kappa shape index (κ1) is 22.5. The molecule has 0 spiro atoms. The summed E-state index contributed by atoms with van der Waals surface area (Å²) in [5, 5.41) is 6.71. The molecule has 0 radical (unpaired) electrons. The first-order valence-electron chi connectivity index (χ1n) is 11.0. The summed E-state index contributed by atoms with van der Waals surface area (Å²) in [6.07, 6.45) is 3.02. The van der Waals surface area contributed by atoms with E-state index in [0.29, 0.717) is 48.8 Å². The molecule has 1 aliphatic heterocycles. The van der Waals surface area contributed by atoms with Crippen LogP contribution in [0.3, 0.4) is 0 Å². The van der Waals surface area contributed by atoms with Gasteiger partial charge in [0.2, 0.25) is 5.91 Å². The van der Waals surface area contributed by atoms with Gasteiger partial charge in [0.25, 0.3) is 5.91 Å². The molecule has 2 aromatic heterocycles. The highest BCUT2D eigenvalue weighted by Crippen LogP contribution is 2.34. The average molecular weight is 449 g/mol. The number of aryl methyl sites for hydroxylation is 2. The van der Waals surface area contributed by atoms with Crippen molar-refractivity contribution in [2.45, 2.75) is 38.7 Å². The van der Waals surface area contributed by atoms with Gasteiger partial charge in [0, 0.05) is 31.9 Å². The number of rotatable bonds is 6. The Morgan fingerprint density at radius 2 is 2.06 bits per heavy atom. The van der Waals surface area contributed by atoms with Gasteiger partial charge < -0.3 is 19.5 Å². The summed E-state index contributed by atoms with van der Waals surface area (Å²) < 4.78 is 11.1. The van der Waals surface area contributed by atoms with E-state index >= 15 is 0 Å². The maximum Gasteiger partial charge on any atom is 0.254 e. The molecule has 3 heterocycles. The topological polar surface area (TPSA) is 97.6 Å². The van der Waals surface area contributed by atoms with Crippen LogP contribution in [0.5, 0.6) is 5.75 Å². The lowest BCUT2D eigenvalue weighted by Crippen LogP contribution is -2.56. The van der Waals surface area contributed by atoms with Crippen LogP contribution in [0, 0.1) is 13.8 Å². The number of carbonyl (C=O) groups is 2. The summed E-state index contributed by atoms with van der Waals surface area (Å²) in [4.78, 5) is 32.6. The number of nitrogens with zero attached hydrogens (tertiary/aromatic N) is 3. The summed E-state index contributed by atoms with van der Waals surface area (Å²) in [7, 11) is 1.62. The lowest BCUT2D eigenvalue weighted by molar-refractivity contribution is -0.128. The van der Waals surface area contributed by atoms with E-state index < -0.39 is 5.41 Å². The molecule has 1 aliphatic rings. The molecular weight excluding hydrogens is 420 g/mol. The molecule has 0 aliphatic carbocycles. The Kier molecular flexibility index (Phi) is 6.44. The molecule has 0 bridgehead atoms. The van der Waals surface area contributed by atoms with Crippen molar-refractivity contribution in [3.8, 4) is 5.75 Å². The molecule has 3 aromatic rings. The average Bonchev–Trinajstić information content (AvgIpc) is 3.19. The number of pyridine rings is 1. The third-order valence-corrected chi connectivity index (χ3v) is 6.24. The van der Waals surface area contributed by atoms with E-state index in [1.165, 1.54) is 0 Å². The fraction of sp³-hybridized carbons (Fsp3) is 0.360. The fourth-order valence-corrected chi connectivity index (χ4v) is 4.39. The van der Waals surface area contributed by atoms with Crippen molar-refractivity contribution in [3.63, 3.8) is 0 Å². The number of nitrogens with one attached hydrogen (secondary N) is 1. The predicted octanol–water partition coefficient (Wildman–Crippen LogP) is 3.19. The maximum absolute atomic E-state index is 13.4. The molecule has 8 heteroatoms. The van der Waals surface area contributed by atoms with E-state index in [4.69, 9.17) is 9.26 Å². The monoisotopic (exact) mass is 448 g/mol. The Bertz CT molecular complexity index is 1120. The van der Waals surface area contributed by atoms with Gasteiger partial charge >= 0.3 is 0 Å². The lowest BCUT2D eigenvalue weighted by atomic mass is 9.75. The van der Waals surface area contributed by atoms with Crippen LogP contribution < -0.4 is 10.1 Å². The number of amides is 2. The van der Waals surface area contributed by atoms with Crippen molar-refractivity contribution < 1.29 is 18.8 Å². The van der Waals surface area contributed by atoms with Crippen molar-refractivity contribution >= 4 is 11.8 Å². The van der Waals surface area contributed by atoms with Crippen LogP contribution in [0.2, 0.25) is 0 Å². The summed E-state index contributed by atoms with van der Waals surface area (Å²) in [5.41, 5.74) is 2.00. The number of aromatic nitrogens is 2. The molecule has 1 fully saturated rings. The highest BCUT2D eigenvalue weighted by molar-refractivity contribution is 5.96. The molecule has 2 amide bonds. The molecule has 1 aromatic carbocycles. The number of benzene rings is 1. The minimum Gasteiger partial charge on any atom is -0.489 e. The zero-order valence-electron chi connectivity index (χ0n) is 19.1. The van der Waals surface area contributed by atoms with Crippen molar-refractivity contribution in [3.05, 3.63) is 76.9 Å². The first-order chi connectivity index (χ1) is 15.9. The van der Waals surface area contributed by atoms with Crippen molar-refractivity contribution in [2.75, 3.05) is 20.1 Å². The number of likely N-dealkylation sites (tertiary alicyclic amines) is 1. The fourth-order valence-electron chi connectivity index (χ4n) is 4.39. The van der Waals surface area contributed by atoms with Crippen LogP contribution in [0.15, 0.2) is 53.2 Å². The lowest BCUT2D eigenvalue weighted by Gasteiger charge is -2.41. The van der Waals surface area contributed by atoms with Gasteiger partial charge in [0.05, 0.1) is 17.0 Å². The van der Waals surface area contributed by atoms with E-state index in [-0.39, 0.29) is 18.4 Å². The van der Waals surface area contributed by atoms with Crippen LogP contribution in [-0.4, -0.2) is 47.0 Å². The second kappa shape index (κ2) is 9.44. The third-order valence-electron chi connectivity index (χ3n) is 6.24. The molecule has 0 saturated carbocycles. The second-order valence-corrected chi connectivity index (χ2v) is 8.33. The normalized spacial score (nSPS) is 18.1. The summed E-state index contributed by atoms with van der Waals surface area (Å²) >= 11 is 0. The molecule has 4 rings (SSSR count). The van der Waals surface area contributed by atoms with Crippen molar-refractivity contribution in [2.24, 2.45) is 0 Å². The number of hydrogen-bond donors (Lipinski definition) is 1.